The van der Waals surface area contributed by atoms with Gasteiger partial charge in [-0.05, 0) is 51.0 Å². The fraction of sp³-hybridized carbons (Fsp3) is 0.385. The number of aromatic carboxylic acids is 1. The lowest BCUT2D eigenvalue weighted by molar-refractivity contribution is -0.146. The van der Waals surface area contributed by atoms with Crippen LogP contribution in [0.1, 0.15) is 47.1 Å². The molecule has 3 rings (SSSR count). The first-order valence-electron chi connectivity index (χ1n) is 11.5. The fourth-order valence-corrected chi connectivity index (χ4v) is 4.99. The molecule has 0 radical (unpaired) electrons. The van der Waals surface area contributed by atoms with E-state index < -0.39 is 41.5 Å². The molecule has 4 N–H and O–H groups in total. The van der Waals surface area contributed by atoms with E-state index >= 15 is 0 Å². The van der Waals surface area contributed by atoms with Crippen LogP contribution in [0.4, 0.5) is 0 Å². The van der Waals surface area contributed by atoms with Crippen LogP contribution in [0, 0.1) is 0 Å². The predicted molar refractivity (Wildman–Crippen MR) is 137 cm³/mol. The van der Waals surface area contributed by atoms with Gasteiger partial charge in [0.1, 0.15) is 6.04 Å². The van der Waals surface area contributed by atoms with Gasteiger partial charge in [-0.25, -0.2) is 4.79 Å². The molecule has 36 heavy (non-hydrogen) atoms. The van der Waals surface area contributed by atoms with Gasteiger partial charge in [0.2, 0.25) is 5.91 Å². The van der Waals surface area contributed by atoms with Gasteiger partial charge in [0, 0.05) is 16.9 Å². The summed E-state index contributed by atoms with van der Waals surface area (Å²) in [6, 6.07) is 12.8. The minimum absolute atomic E-state index is 0.0549. The molecule has 0 aliphatic carbocycles. The van der Waals surface area contributed by atoms with Gasteiger partial charge >= 0.3 is 5.97 Å². The van der Waals surface area contributed by atoms with Gasteiger partial charge in [-0.2, -0.15) is 0 Å². The van der Waals surface area contributed by atoms with Crippen molar-refractivity contribution in [3.63, 3.8) is 0 Å². The number of carbonyl (C=O) groups excluding carboxylic acids is 3. The number of nitrogens with zero attached hydrogens (tertiary/aromatic N) is 1. The Labute approximate surface area is 214 Å². The summed E-state index contributed by atoms with van der Waals surface area (Å²) >= 11 is 1.41. The number of amides is 3. The highest BCUT2D eigenvalue weighted by molar-refractivity contribution is 7.99. The van der Waals surface area contributed by atoms with E-state index in [-0.39, 0.29) is 29.3 Å². The van der Waals surface area contributed by atoms with Gasteiger partial charge in [-0.3, -0.25) is 14.4 Å². The van der Waals surface area contributed by atoms with Crippen LogP contribution in [-0.4, -0.2) is 74.2 Å². The van der Waals surface area contributed by atoms with Crippen molar-refractivity contribution < 1.29 is 29.4 Å². The molecule has 1 fully saturated rings. The van der Waals surface area contributed by atoms with Gasteiger partial charge in [-0.15, -0.1) is 11.8 Å². The van der Waals surface area contributed by atoms with Gasteiger partial charge < -0.3 is 25.7 Å². The lowest BCUT2D eigenvalue weighted by Crippen LogP contribution is -2.57. The van der Waals surface area contributed by atoms with Crippen molar-refractivity contribution in [2.24, 2.45) is 0 Å². The standard InChI is InChI=1S/C26H31N3O6S/c1-26(2,3)28-23(32)20-14-36-15-29(20)24(33)21(30)19(12-16-8-5-4-6-9-16)27-22(31)17-10-7-11-18(13-17)25(34)35/h4-11,13,19-21,30H,12,14-15H2,1-3H3,(H,27,31)(H,28,32)(H,34,35)/t19-,20?,21-/m0/s1. The molecule has 1 unspecified atom stereocenters. The highest BCUT2D eigenvalue weighted by Crippen LogP contribution is 2.24. The number of carboxylic acid groups (broad SMARTS) is 1. The predicted octanol–water partition coefficient (Wildman–Crippen LogP) is 1.90. The van der Waals surface area contributed by atoms with Crippen molar-refractivity contribution in [3.05, 3.63) is 71.3 Å². The van der Waals surface area contributed by atoms with Gasteiger partial charge in [-0.1, -0.05) is 36.4 Å². The van der Waals surface area contributed by atoms with Crippen molar-refractivity contribution in [2.75, 3.05) is 11.6 Å². The second-order valence-electron chi connectivity index (χ2n) is 9.66. The number of hydrogen-bond acceptors (Lipinski definition) is 6. The summed E-state index contributed by atoms with van der Waals surface area (Å²) in [6.45, 7) is 5.54. The third-order valence-corrected chi connectivity index (χ3v) is 6.60. The summed E-state index contributed by atoms with van der Waals surface area (Å²) in [7, 11) is 0. The maximum Gasteiger partial charge on any atom is 0.335 e. The Balaban J connectivity index is 1.82. The monoisotopic (exact) mass is 513 g/mol. The molecule has 10 heteroatoms. The maximum absolute atomic E-state index is 13.4. The van der Waals surface area contributed by atoms with Crippen LogP contribution in [0.15, 0.2) is 54.6 Å². The van der Waals surface area contributed by atoms with Crippen LogP contribution in [0.5, 0.6) is 0 Å². The first-order valence-corrected chi connectivity index (χ1v) is 12.7. The van der Waals surface area contributed by atoms with Crippen molar-refractivity contribution in [1.82, 2.24) is 15.5 Å². The molecule has 0 aromatic heterocycles. The van der Waals surface area contributed by atoms with Crippen LogP contribution in [-0.2, 0) is 16.0 Å². The summed E-state index contributed by atoms with van der Waals surface area (Å²) in [6.07, 6.45) is -1.47. The Morgan fingerprint density at radius 1 is 1.06 bits per heavy atom. The number of rotatable bonds is 8. The van der Waals surface area contributed by atoms with Crippen molar-refractivity contribution in [2.45, 2.75) is 50.9 Å². The van der Waals surface area contributed by atoms with Crippen LogP contribution < -0.4 is 10.6 Å². The maximum atomic E-state index is 13.4. The average molecular weight is 514 g/mol. The van der Waals surface area contributed by atoms with Crippen molar-refractivity contribution in [3.8, 4) is 0 Å². The van der Waals surface area contributed by atoms with Crippen molar-refractivity contribution >= 4 is 35.5 Å². The molecule has 2 aromatic rings. The van der Waals surface area contributed by atoms with Crippen LogP contribution in [0.2, 0.25) is 0 Å². The number of aliphatic hydroxyl groups is 1. The molecule has 3 amide bonds. The molecule has 192 valence electrons. The van der Waals surface area contributed by atoms with E-state index in [0.717, 1.165) is 5.56 Å². The summed E-state index contributed by atoms with van der Waals surface area (Å²) in [4.78, 5) is 51.8. The number of hydrogen-bond donors (Lipinski definition) is 4. The third-order valence-electron chi connectivity index (χ3n) is 5.59. The molecular formula is C26H31N3O6S. The van der Waals surface area contributed by atoms with Crippen LogP contribution >= 0.6 is 11.8 Å². The number of carboxylic acids is 1. The van der Waals surface area contributed by atoms with Gasteiger partial charge in [0.25, 0.3) is 11.8 Å². The molecule has 1 aliphatic rings. The normalized spacial score (nSPS) is 17.2. The zero-order valence-corrected chi connectivity index (χ0v) is 21.2. The number of nitrogens with one attached hydrogen (secondary N) is 2. The van der Waals surface area contributed by atoms with E-state index in [1.165, 1.54) is 40.9 Å². The zero-order chi connectivity index (χ0) is 26.5. The SMILES string of the molecule is CC(C)(C)NC(=O)C1CSCN1C(=O)[C@@H](O)[C@H](Cc1ccccc1)NC(=O)c1cccc(C(=O)O)c1. The highest BCUT2D eigenvalue weighted by atomic mass is 32.2. The van der Waals surface area contributed by atoms with Gasteiger partial charge in [0.15, 0.2) is 6.10 Å². The Morgan fingerprint density at radius 3 is 2.36 bits per heavy atom. The molecule has 1 heterocycles. The Morgan fingerprint density at radius 2 is 1.72 bits per heavy atom. The first-order chi connectivity index (χ1) is 17.0. The smallest absolute Gasteiger partial charge is 0.335 e. The Bertz CT molecular complexity index is 1120. The summed E-state index contributed by atoms with van der Waals surface area (Å²) < 4.78 is 0. The number of benzene rings is 2. The summed E-state index contributed by atoms with van der Waals surface area (Å²) in [5.74, 6) is -2.12. The summed E-state index contributed by atoms with van der Waals surface area (Å²) in [5, 5.41) is 25.9. The summed E-state index contributed by atoms with van der Waals surface area (Å²) in [5.41, 5.74) is 0.339. The minimum atomic E-state index is -1.62. The van der Waals surface area contributed by atoms with E-state index in [2.05, 4.69) is 10.6 Å². The second kappa shape index (κ2) is 11.6. The highest BCUT2D eigenvalue weighted by Gasteiger charge is 2.40. The van der Waals surface area contributed by atoms with Crippen molar-refractivity contribution in [1.29, 1.82) is 0 Å². The van der Waals surface area contributed by atoms with E-state index in [9.17, 15) is 29.4 Å². The molecular weight excluding hydrogens is 482 g/mol. The Hall–Kier alpha value is -3.37. The number of aliphatic hydroxyl groups excluding tert-OH is 1. The molecule has 1 aliphatic heterocycles. The average Bonchev–Trinajstić information content (AvgIpc) is 3.32. The number of carbonyl (C=O) groups is 4. The third kappa shape index (κ3) is 7.08. The molecule has 2 aromatic carbocycles. The molecule has 3 atom stereocenters. The Kier molecular flexibility index (Phi) is 8.75. The van der Waals surface area contributed by atoms with E-state index in [1.807, 2.05) is 51.1 Å². The second-order valence-corrected chi connectivity index (χ2v) is 10.7. The molecule has 1 saturated heterocycles. The molecule has 0 bridgehead atoms. The lowest BCUT2D eigenvalue weighted by atomic mass is 9.99. The van der Waals surface area contributed by atoms with Gasteiger partial charge in [0.05, 0.1) is 17.5 Å². The quantitative estimate of drug-likeness (QED) is 0.423. The van der Waals surface area contributed by atoms with E-state index in [4.69, 9.17) is 0 Å². The van der Waals surface area contributed by atoms with Crippen LogP contribution in [0.3, 0.4) is 0 Å². The van der Waals surface area contributed by atoms with E-state index in [1.54, 1.807) is 0 Å². The lowest BCUT2D eigenvalue weighted by Gasteiger charge is -2.31. The first kappa shape index (κ1) is 27.2. The molecule has 0 spiro atoms. The number of thioether (sulfide) groups is 1. The molecule has 0 saturated carbocycles. The largest absolute Gasteiger partial charge is 0.478 e. The fourth-order valence-electron chi connectivity index (χ4n) is 3.83. The van der Waals surface area contributed by atoms with Crippen LogP contribution in [0.25, 0.3) is 0 Å². The zero-order valence-electron chi connectivity index (χ0n) is 20.4. The van der Waals surface area contributed by atoms with E-state index in [0.29, 0.717) is 5.75 Å². The topological polar surface area (TPSA) is 136 Å². The minimum Gasteiger partial charge on any atom is -0.478 e. The molecule has 9 nitrogen and oxygen atoms in total.